The van der Waals surface area contributed by atoms with E-state index in [2.05, 4.69) is 48.5 Å². The summed E-state index contributed by atoms with van der Waals surface area (Å²) >= 11 is 0. The van der Waals surface area contributed by atoms with Gasteiger partial charge in [0, 0.05) is 0 Å². The van der Waals surface area contributed by atoms with Gasteiger partial charge in [0.25, 0.3) is 0 Å². The minimum atomic E-state index is 0.756. The van der Waals surface area contributed by atoms with Gasteiger partial charge in [-0.05, 0) is 85.3 Å². The molecule has 0 radical (unpaired) electrons. The minimum absolute atomic E-state index is 0.756. The van der Waals surface area contributed by atoms with Gasteiger partial charge < -0.3 is 0 Å². The summed E-state index contributed by atoms with van der Waals surface area (Å²) in [6.45, 7) is 16.4. The Kier molecular flexibility index (Phi) is 3.10. The molecule has 0 saturated heterocycles. The van der Waals surface area contributed by atoms with Gasteiger partial charge in [0.2, 0.25) is 0 Å². The first-order valence-corrected chi connectivity index (χ1v) is 6.95. The summed E-state index contributed by atoms with van der Waals surface area (Å²) in [5.74, 6) is 2.33. The van der Waals surface area contributed by atoms with Crippen LogP contribution in [0.1, 0.15) is 60.1 Å². The van der Waals surface area contributed by atoms with E-state index >= 15 is 0 Å². The van der Waals surface area contributed by atoms with E-state index < -0.39 is 0 Å². The van der Waals surface area contributed by atoms with Crippen LogP contribution in [0.4, 0.5) is 0 Å². The fourth-order valence-electron chi connectivity index (χ4n) is 3.86. The highest BCUT2D eigenvalue weighted by Crippen LogP contribution is 2.46. The molecule has 2 unspecified atom stereocenters. The normalized spacial score (nSPS) is 23.3. The van der Waals surface area contributed by atoms with Crippen LogP contribution in [0, 0.1) is 39.5 Å². The number of fused-ring (bicyclic) bond motifs is 1. The standard InChI is InChI=1S/C17H26/c1-9(2)16-10(3)8-15-13(6)11(4)12(5)14(7)17(15)16/h9-10,16H,8H2,1-7H3. The topological polar surface area (TPSA) is 0 Å². The summed E-state index contributed by atoms with van der Waals surface area (Å²) in [5.41, 5.74) is 9.49. The highest BCUT2D eigenvalue weighted by Gasteiger charge is 2.34. The molecule has 0 aromatic heterocycles. The van der Waals surface area contributed by atoms with Crippen LogP contribution in [0.3, 0.4) is 0 Å². The Morgan fingerprint density at radius 1 is 0.882 bits per heavy atom. The third-order valence-corrected chi connectivity index (χ3v) is 5.06. The zero-order valence-electron chi connectivity index (χ0n) is 12.4. The van der Waals surface area contributed by atoms with Gasteiger partial charge in [0.1, 0.15) is 0 Å². The van der Waals surface area contributed by atoms with Crippen LogP contribution in [-0.4, -0.2) is 0 Å². The van der Waals surface area contributed by atoms with Crippen LogP contribution in [0.5, 0.6) is 0 Å². The molecule has 0 heteroatoms. The second-order valence-electron chi connectivity index (χ2n) is 6.34. The molecule has 1 aromatic carbocycles. The van der Waals surface area contributed by atoms with Crippen LogP contribution >= 0.6 is 0 Å². The van der Waals surface area contributed by atoms with E-state index in [0.717, 1.165) is 17.8 Å². The van der Waals surface area contributed by atoms with Gasteiger partial charge in [-0.25, -0.2) is 0 Å². The van der Waals surface area contributed by atoms with E-state index in [1.807, 2.05) is 0 Å². The summed E-state index contributed by atoms with van der Waals surface area (Å²) in [4.78, 5) is 0. The van der Waals surface area contributed by atoms with E-state index in [0.29, 0.717) is 0 Å². The van der Waals surface area contributed by atoms with E-state index in [4.69, 9.17) is 0 Å². The lowest BCUT2D eigenvalue weighted by Gasteiger charge is -2.24. The average molecular weight is 230 g/mol. The largest absolute Gasteiger partial charge is 0.0622 e. The first-order chi connectivity index (χ1) is 7.86. The Balaban J connectivity index is 2.71. The van der Waals surface area contributed by atoms with Crippen molar-refractivity contribution in [2.24, 2.45) is 11.8 Å². The monoisotopic (exact) mass is 230 g/mol. The van der Waals surface area contributed by atoms with Gasteiger partial charge >= 0.3 is 0 Å². The van der Waals surface area contributed by atoms with Gasteiger partial charge in [0.05, 0.1) is 0 Å². The smallest absolute Gasteiger partial charge is 0.0104 e. The average Bonchev–Trinajstić information content (AvgIpc) is 2.61. The Labute approximate surface area is 106 Å². The van der Waals surface area contributed by atoms with E-state index in [1.165, 1.54) is 17.5 Å². The maximum absolute atomic E-state index is 2.42. The maximum atomic E-state index is 2.42. The molecule has 1 aliphatic rings. The van der Waals surface area contributed by atoms with Crippen molar-refractivity contribution in [3.05, 3.63) is 33.4 Å². The van der Waals surface area contributed by atoms with Crippen molar-refractivity contribution >= 4 is 0 Å². The van der Waals surface area contributed by atoms with Crippen molar-refractivity contribution in [3.63, 3.8) is 0 Å². The molecule has 0 spiro atoms. The summed E-state index contributed by atoms with van der Waals surface area (Å²) in [6.07, 6.45) is 1.28. The Morgan fingerprint density at radius 2 is 1.41 bits per heavy atom. The van der Waals surface area contributed by atoms with Gasteiger partial charge in [-0.15, -0.1) is 0 Å². The van der Waals surface area contributed by atoms with E-state index in [9.17, 15) is 0 Å². The molecule has 17 heavy (non-hydrogen) atoms. The van der Waals surface area contributed by atoms with Gasteiger partial charge in [-0.3, -0.25) is 0 Å². The lowest BCUT2D eigenvalue weighted by atomic mass is 9.80. The summed E-state index contributed by atoms with van der Waals surface area (Å²) < 4.78 is 0. The lowest BCUT2D eigenvalue weighted by Crippen LogP contribution is -2.12. The molecule has 94 valence electrons. The highest BCUT2D eigenvalue weighted by molar-refractivity contribution is 5.54. The third-order valence-electron chi connectivity index (χ3n) is 5.06. The third kappa shape index (κ3) is 1.73. The van der Waals surface area contributed by atoms with Crippen LogP contribution in [0.25, 0.3) is 0 Å². The SMILES string of the molecule is Cc1c(C)c(C)c2c(c1C)CC(C)C2C(C)C. The maximum Gasteiger partial charge on any atom is -0.0104 e. The van der Waals surface area contributed by atoms with Gasteiger partial charge in [0.15, 0.2) is 0 Å². The molecule has 2 rings (SSSR count). The summed E-state index contributed by atoms with van der Waals surface area (Å²) in [5, 5.41) is 0. The van der Waals surface area contributed by atoms with Gasteiger partial charge in [-0.2, -0.15) is 0 Å². The number of hydrogen-bond donors (Lipinski definition) is 0. The van der Waals surface area contributed by atoms with E-state index in [1.54, 1.807) is 22.3 Å². The van der Waals surface area contributed by atoms with Crippen molar-refractivity contribution in [2.45, 2.75) is 60.8 Å². The molecule has 0 heterocycles. The highest BCUT2D eigenvalue weighted by atomic mass is 14.4. The summed E-state index contributed by atoms with van der Waals surface area (Å²) in [7, 11) is 0. The zero-order chi connectivity index (χ0) is 12.9. The molecule has 1 aromatic rings. The molecule has 0 fully saturated rings. The predicted octanol–water partition coefficient (Wildman–Crippen LogP) is 4.85. The number of hydrogen-bond acceptors (Lipinski definition) is 0. The Morgan fingerprint density at radius 3 is 1.94 bits per heavy atom. The quantitative estimate of drug-likeness (QED) is 0.647. The fraction of sp³-hybridized carbons (Fsp3) is 0.647. The molecule has 0 amide bonds. The Hall–Kier alpha value is -0.780. The van der Waals surface area contributed by atoms with Crippen molar-refractivity contribution in [1.82, 2.24) is 0 Å². The fourth-order valence-corrected chi connectivity index (χ4v) is 3.86. The van der Waals surface area contributed by atoms with Crippen LogP contribution in [0.15, 0.2) is 0 Å². The van der Waals surface area contributed by atoms with Crippen molar-refractivity contribution in [3.8, 4) is 0 Å². The first-order valence-electron chi connectivity index (χ1n) is 6.95. The van der Waals surface area contributed by atoms with Crippen LogP contribution < -0.4 is 0 Å². The van der Waals surface area contributed by atoms with Crippen LogP contribution in [0.2, 0.25) is 0 Å². The molecule has 0 N–H and O–H groups in total. The molecule has 0 nitrogen and oxygen atoms in total. The molecule has 1 aliphatic carbocycles. The van der Waals surface area contributed by atoms with Gasteiger partial charge in [-0.1, -0.05) is 20.8 Å². The number of benzene rings is 1. The Bertz CT molecular complexity index is 452. The molecule has 2 atom stereocenters. The van der Waals surface area contributed by atoms with E-state index in [-0.39, 0.29) is 0 Å². The molecule has 0 saturated carbocycles. The molecular weight excluding hydrogens is 204 g/mol. The second-order valence-corrected chi connectivity index (χ2v) is 6.34. The van der Waals surface area contributed by atoms with Crippen LogP contribution in [-0.2, 0) is 6.42 Å². The zero-order valence-corrected chi connectivity index (χ0v) is 12.4. The lowest BCUT2D eigenvalue weighted by molar-refractivity contribution is 0.392. The predicted molar refractivity (Wildman–Crippen MR) is 75.8 cm³/mol. The van der Waals surface area contributed by atoms with Crippen molar-refractivity contribution < 1.29 is 0 Å². The summed E-state index contributed by atoms with van der Waals surface area (Å²) in [6, 6.07) is 0. The molecule has 0 aliphatic heterocycles. The molecule has 0 bridgehead atoms. The second kappa shape index (κ2) is 4.15. The minimum Gasteiger partial charge on any atom is -0.0622 e. The first kappa shape index (κ1) is 12.7. The molecular formula is C17H26. The van der Waals surface area contributed by atoms with Crippen molar-refractivity contribution in [1.29, 1.82) is 0 Å². The van der Waals surface area contributed by atoms with Crippen molar-refractivity contribution in [2.75, 3.05) is 0 Å². The number of rotatable bonds is 1.